The van der Waals surface area contributed by atoms with E-state index >= 15 is 0 Å². The Labute approximate surface area is 151 Å². The van der Waals surface area contributed by atoms with E-state index in [0.717, 1.165) is 19.3 Å². The Hall–Kier alpha value is -1.85. The van der Waals surface area contributed by atoms with Gasteiger partial charge in [-0.15, -0.1) is 0 Å². The Bertz CT molecular complexity index is 768. The van der Waals surface area contributed by atoms with Crippen LogP contribution in [0.4, 0.5) is 13.2 Å². The minimum atomic E-state index is -1.03. The van der Waals surface area contributed by atoms with Crippen molar-refractivity contribution >= 4 is 0 Å². The molecule has 0 N–H and O–H groups in total. The minimum absolute atomic E-state index is 0.0464. The normalized spacial score (nSPS) is 20.3. The summed E-state index contributed by atoms with van der Waals surface area (Å²) in [6.07, 6.45) is 2.43. The number of ether oxygens (including phenoxy) is 2. The first-order valence-electron chi connectivity index (χ1n) is 8.98. The van der Waals surface area contributed by atoms with Crippen LogP contribution in [0.25, 0.3) is 11.1 Å². The highest BCUT2D eigenvalue weighted by atomic mass is 19.2. The molecule has 0 saturated carbocycles. The van der Waals surface area contributed by atoms with Gasteiger partial charge in [0.05, 0.1) is 18.8 Å². The van der Waals surface area contributed by atoms with E-state index in [2.05, 4.69) is 6.92 Å². The predicted molar refractivity (Wildman–Crippen MR) is 94.4 cm³/mol. The number of aryl methyl sites for hydroxylation is 1. The van der Waals surface area contributed by atoms with Gasteiger partial charge in [0, 0.05) is 17.7 Å². The molecule has 26 heavy (non-hydrogen) atoms. The summed E-state index contributed by atoms with van der Waals surface area (Å²) in [5.74, 6) is -2.56. The summed E-state index contributed by atoms with van der Waals surface area (Å²) in [4.78, 5) is 0. The van der Waals surface area contributed by atoms with E-state index in [0.29, 0.717) is 18.8 Å². The molecular formula is C21H23F3O2. The second-order valence-corrected chi connectivity index (χ2v) is 6.69. The number of hydrogen-bond acceptors (Lipinski definition) is 2. The summed E-state index contributed by atoms with van der Waals surface area (Å²) in [5.41, 5.74) is 0.867. The molecule has 140 valence electrons. The fourth-order valence-corrected chi connectivity index (χ4v) is 3.21. The van der Waals surface area contributed by atoms with Crippen LogP contribution in [0.15, 0.2) is 30.3 Å². The van der Waals surface area contributed by atoms with Gasteiger partial charge in [-0.2, -0.15) is 0 Å². The molecule has 0 aromatic heterocycles. The summed E-state index contributed by atoms with van der Waals surface area (Å²) in [5, 5.41) is 0. The van der Waals surface area contributed by atoms with Gasteiger partial charge in [-0.05, 0) is 43.4 Å². The lowest BCUT2D eigenvalue weighted by Crippen LogP contribution is -2.27. The predicted octanol–water partition coefficient (Wildman–Crippen LogP) is 5.73. The van der Waals surface area contributed by atoms with Crippen molar-refractivity contribution in [2.45, 2.75) is 45.3 Å². The van der Waals surface area contributed by atoms with Crippen LogP contribution in [-0.2, 0) is 9.47 Å². The molecule has 1 aliphatic rings. The first-order chi connectivity index (χ1) is 12.5. The van der Waals surface area contributed by atoms with Gasteiger partial charge in [0.2, 0.25) is 0 Å². The maximum absolute atomic E-state index is 14.6. The smallest absolute Gasteiger partial charge is 0.167 e. The highest BCUT2D eigenvalue weighted by Crippen LogP contribution is 2.33. The van der Waals surface area contributed by atoms with Crippen LogP contribution in [0, 0.1) is 24.4 Å². The Morgan fingerprint density at radius 3 is 2.46 bits per heavy atom. The van der Waals surface area contributed by atoms with Gasteiger partial charge in [-0.25, -0.2) is 13.2 Å². The van der Waals surface area contributed by atoms with Crippen LogP contribution in [0.2, 0.25) is 0 Å². The van der Waals surface area contributed by atoms with Crippen molar-refractivity contribution in [2.24, 2.45) is 0 Å². The molecule has 1 saturated heterocycles. The van der Waals surface area contributed by atoms with E-state index < -0.39 is 17.5 Å². The van der Waals surface area contributed by atoms with E-state index in [1.807, 2.05) is 0 Å². The Balaban J connectivity index is 1.76. The zero-order chi connectivity index (χ0) is 18.7. The number of rotatable bonds is 5. The van der Waals surface area contributed by atoms with Gasteiger partial charge < -0.3 is 9.47 Å². The molecule has 0 spiro atoms. The molecule has 2 aromatic carbocycles. The third kappa shape index (κ3) is 3.94. The molecule has 0 amide bonds. The third-order valence-electron chi connectivity index (χ3n) is 4.72. The van der Waals surface area contributed by atoms with E-state index in [-0.39, 0.29) is 28.9 Å². The maximum Gasteiger partial charge on any atom is 0.167 e. The van der Waals surface area contributed by atoms with Crippen molar-refractivity contribution < 1.29 is 22.6 Å². The summed E-state index contributed by atoms with van der Waals surface area (Å²) in [6.45, 7) is 4.71. The zero-order valence-electron chi connectivity index (χ0n) is 15.0. The Morgan fingerprint density at radius 1 is 1.04 bits per heavy atom. The fourth-order valence-electron chi connectivity index (χ4n) is 3.21. The number of hydrogen-bond donors (Lipinski definition) is 0. The van der Waals surface area contributed by atoms with E-state index in [1.54, 1.807) is 6.07 Å². The molecule has 3 rings (SSSR count). The van der Waals surface area contributed by atoms with Gasteiger partial charge in [-0.1, -0.05) is 31.2 Å². The molecular weight excluding hydrogens is 341 g/mol. The summed E-state index contributed by atoms with van der Waals surface area (Å²) in [7, 11) is 0. The molecule has 1 fully saturated rings. The van der Waals surface area contributed by atoms with E-state index in [1.165, 1.54) is 31.2 Å². The van der Waals surface area contributed by atoms with Crippen molar-refractivity contribution in [3.05, 3.63) is 58.9 Å². The van der Waals surface area contributed by atoms with Gasteiger partial charge >= 0.3 is 0 Å². The Morgan fingerprint density at radius 2 is 1.81 bits per heavy atom. The third-order valence-corrected chi connectivity index (χ3v) is 4.72. The number of halogens is 3. The standard InChI is InChI=1S/C21H23F3O2/c1-3-10-25-15-6-9-19(26-12-15)14-5-8-16(18(22)11-14)17-7-4-13(2)20(23)21(17)24/h4-5,7-8,11,15,19H,3,6,9-10,12H2,1-2H3. The summed E-state index contributed by atoms with van der Waals surface area (Å²) in [6, 6.07) is 7.40. The molecule has 1 aliphatic heterocycles. The fraction of sp³-hybridized carbons (Fsp3) is 0.429. The summed E-state index contributed by atoms with van der Waals surface area (Å²) < 4.78 is 54.0. The lowest BCUT2D eigenvalue weighted by Gasteiger charge is -2.29. The second-order valence-electron chi connectivity index (χ2n) is 6.69. The minimum Gasteiger partial charge on any atom is -0.376 e. The highest BCUT2D eigenvalue weighted by molar-refractivity contribution is 5.66. The monoisotopic (exact) mass is 364 g/mol. The van der Waals surface area contributed by atoms with Gasteiger partial charge in [-0.3, -0.25) is 0 Å². The first kappa shape index (κ1) is 18.9. The summed E-state index contributed by atoms with van der Waals surface area (Å²) >= 11 is 0. The molecule has 2 atom stereocenters. The molecule has 0 radical (unpaired) electrons. The number of benzene rings is 2. The lowest BCUT2D eigenvalue weighted by molar-refractivity contribution is -0.0866. The lowest BCUT2D eigenvalue weighted by atomic mass is 9.96. The quantitative estimate of drug-likeness (QED) is 0.675. The molecule has 0 aliphatic carbocycles. The van der Waals surface area contributed by atoms with Crippen molar-refractivity contribution in [1.82, 2.24) is 0 Å². The molecule has 5 heteroatoms. The second kappa shape index (κ2) is 8.23. The van der Waals surface area contributed by atoms with Gasteiger partial charge in [0.15, 0.2) is 11.6 Å². The van der Waals surface area contributed by atoms with Crippen LogP contribution in [0.1, 0.15) is 43.4 Å². The molecule has 0 bridgehead atoms. The van der Waals surface area contributed by atoms with E-state index in [4.69, 9.17) is 9.47 Å². The van der Waals surface area contributed by atoms with Gasteiger partial charge in [0.1, 0.15) is 5.82 Å². The average molecular weight is 364 g/mol. The first-order valence-corrected chi connectivity index (χ1v) is 8.98. The van der Waals surface area contributed by atoms with Crippen LogP contribution < -0.4 is 0 Å². The maximum atomic E-state index is 14.6. The topological polar surface area (TPSA) is 18.5 Å². The Kier molecular flexibility index (Phi) is 5.99. The molecule has 2 nitrogen and oxygen atoms in total. The highest BCUT2D eigenvalue weighted by Gasteiger charge is 2.24. The van der Waals surface area contributed by atoms with Crippen molar-refractivity contribution in [3.63, 3.8) is 0 Å². The van der Waals surface area contributed by atoms with Crippen molar-refractivity contribution in [1.29, 1.82) is 0 Å². The van der Waals surface area contributed by atoms with E-state index in [9.17, 15) is 13.2 Å². The van der Waals surface area contributed by atoms with Crippen LogP contribution in [0.3, 0.4) is 0 Å². The molecule has 2 aromatic rings. The van der Waals surface area contributed by atoms with Crippen LogP contribution in [0.5, 0.6) is 0 Å². The molecule has 2 unspecified atom stereocenters. The molecule has 1 heterocycles. The SMILES string of the molecule is CCCOC1CCC(c2ccc(-c3ccc(C)c(F)c3F)c(F)c2)OC1. The average Bonchev–Trinajstić information content (AvgIpc) is 2.65. The van der Waals surface area contributed by atoms with Crippen molar-refractivity contribution in [3.8, 4) is 11.1 Å². The van der Waals surface area contributed by atoms with Gasteiger partial charge in [0.25, 0.3) is 0 Å². The van der Waals surface area contributed by atoms with Crippen molar-refractivity contribution in [2.75, 3.05) is 13.2 Å². The zero-order valence-corrected chi connectivity index (χ0v) is 15.0. The van der Waals surface area contributed by atoms with Crippen LogP contribution >= 0.6 is 0 Å². The van der Waals surface area contributed by atoms with Crippen LogP contribution in [-0.4, -0.2) is 19.3 Å². The largest absolute Gasteiger partial charge is 0.376 e.